The van der Waals surface area contributed by atoms with Crippen molar-refractivity contribution in [1.82, 2.24) is 5.32 Å². The molecule has 0 spiro atoms. The molecule has 3 nitrogen and oxygen atoms in total. The zero-order valence-corrected chi connectivity index (χ0v) is 11.6. The number of ether oxygens (including phenoxy) is 1. The number of hydrogen-bond acceptors (Lipinski definition) is 2. The van der Waals surface area contributed by atoms with E-state index in [9.17, 15) is 4.79 Å². The summed E-state index contributed by atoms with van der Waals surface area (Å²) < 4.78 is 5.91. The molecule has 1 aliphatic carbocycles. The van der Waals surface area contributed by atoms with Crippen LogP contribution in [0.15, 0.2) is 22.7 Å². The SMILES string of the molecule is COc1ccc(Br)c(C(=O)NCC2CC2C)c1. The van der Waals surface area contributed by atoms with Crippen LogP contribution in [0.1, 0.15) is 23.7 Å². The normalized spacial score (nSPS) is 22.1. The Morgan fingerprint density at radius 1 is 1.59 bits per heavy atom. The number of amides is 1. The molecule has 2 rings (SSSR count). The van der Waals surface area contributed by atoms with E-state index in [2.05, 4.69) is 28.2 Å². The molecule has 0 radical (unpaired) electrons. The molecular formula is C13H16BrNO2. The first kappa shape index (κ1) is 12.4. The first-order valence-electron chi connectivity index (χ1n) is 5.73. The fraction of sp³-hybridized carbons (Fsp3) is 0.462. The number of halogens is 1. The van der Waals surface area contributed by atoms with Gasteiger partial charge in [0, 0.05) is 11.0 Å². The molecule has 1 N–H and O–H groups in total. The minimum atomic E-state index is -0.0464. The quantitative estimate of drug-likeness (QED) is 0.928. The molecular weight excluding hydrogens is 282 g/mol. The van der Waals surface area contributed by atoms with Gasteiger partial charge in [0.2, 0.25) is 0 Å². The van der Waals surface area contributed by atoms with Crippen LogP contribution in [-0.2, 0) is 0 Å². The highest BCUT2D eigenvalue weighted by Gasteiger charge is 2.32. The Hall–Kier alpha value is -1.03. The Labute approximate surface area is 110 Å². The van der Waals surface area contributed by atoms with E-state index in [1.807, 2.05) is 12.1 Å². The van der Waals surface area contributed by atoms with E-state index in [0.29, 0.717) is 17.2 Å². The number of methoxy groups -OCH3 is 1. The van der Waals surface area contributed by atoms with Gasteiger partial charge >= 0.3 is 0 Å². The number of rotatable bonds is 4. The van der Waals surface area contributed by atoms with Crippen molar-refractivity contribution in [2.24, 2.45) is 11.8 Å². The van der Waals surface area contributed by atoms with Gasteiger partial charge in [-0.15, -0.1) is 0 Å². The van der Waals surface area contributed by atoms with E-state index in [-0.39, 0.29) is 5.91 Å². The second kappa shape index (κ2) is 5.08. The molecule has 2 unspecified atom stereocenters. The molecule has 0 saturated heterocycles. The minimum Gasteiger partial charge on any atom is -0.497 e. The Bertz CT molecular complexity index is 433. The lowest BCUT2D eigenvalue weighted by Crippen LogP contribution is -2.26. The zero-order chi connectivity index (χ0) is 12.4. The van der Waals surface area contributed by atoms with Gasteiger partial charge in [-0.3, -0.25) is 4.79 Å². The Morgan fingerprint density at radius 3 is 2.88 bits per heavy atom. The van der Waals surface area contributed by atoms with Crippen molar-refractivity contribution in [3.63, 3.8) is 0 Å². The van der Waals surface area contributed by atoms with Crippen LogP contribution in [0.3, 0.4) is 0 Å². The number of nitrogens with one attached hydrogen (secondary N) is 1. The average Bonchev–Trinajstić information content (AvgIpc) is 3.03. The van der Waals surface area contributed by atoms with Crippen molar-refractivity contribution in [3.05, 3.63) is 28.2 Å². The van der Waals surface area contributed by atoms with Gasteiger partial charge in [0.05, 0.1) is 12.7 Å². The largest absolute Gasteiger partial charge is 0.497 e. The second-order valence-electron chi connectivity index (χ2n) is 4.53. The maximum absolute atomic E-state index is 12.0. The molecule has 4 heteroatoms. The number of carbonyl (C=O) groups excluding carboxylic acids is 1. The van der Waals surface area contributed by atoms with Crippen LogP contribution >= 0.6 is 15.9 Å². The molecule has 1 aromatic rings. The Morgan fingerprint density at radius 2 is 2.29 bits per heavy atom. The molecule has 92 valence electrons. The monoisotopic (exact) mass is 297 g/mol. The van der Waals surface area contributed by atoms with E-state index in [4.69, 9.17) is 4.74 Å². The zero-order valence-electron chi connectivity index (χ0n) is 10.00. The van der Waals surface area contributed by atoms with Crippen LogP contribution in [0, 0.1) is 11.8 Å². The van der Waals surface area contributed by atoms with E-state index >= 15 is 0 Å². The van der Waals surface area contributed by atoms with E-state index in [1.165, 1.54) is 6.42 Å². The third kappa shape index (κ3) is 3.00. The first-order valence-corrected chi connectivity index (χ1v) is 6.53. The molecule has 1 saturated carbocycles. The summed E-state index contributed by atoms with van der Waals surface area (Å²) in [7, 11) is 1.59. The highest BCUT2D eigenvalue weighted by Crippen LogP contribution is 2.36. The summed E-state index contributed by atoms with van der Waals surface area (Å²) in [5, 5.41) is 2.96. The van der Waals surface area contributed by atoms with Crippen molar-refractivity contribution in [2.75, 3.05) is 13.7 Å². The molecule has 1 aromatic carbocycles. The van der Waals surface area contributed by atoms with Gasteiger partial charge in [-0.25, -0.2) is 0 Å². The lowest BCUT2D eigenvalue weighted by atomic mass is 10.2. The number of carbonyl (C=O) groups is 1. The van der Waals surface area contributed by atoms with Crippen molar-refractivity contribution in [1.29, 1.82) is 0 Å². The van der Waals surface area contributed by atoms with Gasteiger partial charge in [-0.1, -0.05) is 6.92 Å². The van der Waals surface area contributed by atoms with Crippen LogP contribution in [0.4, 0.5) is 0 Å². The summed E-state index contributed by atoms with van der Waals surface area (Å²) in [4.78, 5) is 12.0. The highest BCUT2D eigenvalue weighted by atomic mass is 79.9. The van der Waals surface area contributed by atoms with Crippen LogP contribution in [0.2, 0.25) is 0 Å². The van der Waals surface area contributed by atoms with Crippen molar-refractivity contribution < 1.29 is 9.53 Å². The molecule has 1 aliphatic rings. The predicted octanol–water partition coefficient (Wildman–Crippen LogP) is 2.84. The van der Waals surface area contributed by atoms with Crippen LogP contribution in [0.25, 0.3) is 0 Å². The summed E-state index contributed by atoms with van der Waals surface area (Å²) in [5.74, 6) is 2.06. The number of hydrogen-bond donors (Lipinski definition) is 1. The molecule has 0 heterocycles. The van der Waals surface area contributed by atoms with Crippen LogP contribution < -0.4 is 10.1 Å². The molecule has 0 aromatic heterocycles. The summed E-state index contributed by atoms with van der Waals surface area (Å²) in [6.07, 6.45) is 1.22. The topological polar surface area (TPSA) is 38.3 Å². The maximum atomic E-state index is 12.0. The lowest BCUT2D eigenvalue weighted by Gasteiger charge is -2.08. The standard InChI is InChI=1S/C13H16BrNO2/c1-8-5-9(8)7-15-13(16)11-6-10(17-2)3-4-12(11)14/h3-4,6,8-9H,5,7H2,1-2H3,(H,15,16). The van der Waals surface area contributed by atoms with Crippen LogP contribution in [0.5, 0.6) is 5.75 Å². The third-order valence-electron chi connectivity index (χ3n) is 3.22. The van der Waals surface area contributed by atoms with Gasteiger partial charge in [0.1, 0.15) is 5.75 Å². The number of benzene rings is 1. The average molecular weight is 298 g/mol. The second-order valence-corrected chi connectivity index (χ2v) is 5.38. The first-order chi connectivity index (χ1) is 8.11. The fourth-order valence-corrected chi connectivity index (χ4v) is 2.23. The summed E-state index contributed by atoms with van der Waals surface area (Å²) in [6, 6.07) is 5.40. The van der Waals surface area contributed by atoms with E-state index < -0.39 is 0 Å². The maximum Gasteiger partial charge on any atom is 0.252 e. The van der Waals surface area contributed by atoms with E-state index in [1.54, 1.807) is 13.2 Å². The van der Waals surface area contributed by atoms with Crippen molar-refractivity contribution in [3.8, 4) is 5.75 Å². The third-order valence-corrected chi connectivity index (χ3v) is 3.91. The Balaban J connectivity index is 2.01. The van der Waals surface area contributed by atoms with E-state index in [0.717, 1.165) is 16.9 Å². The van der Waals surface area contributed by atoms with Gasteiger partial charge in [-0.05, 0) is 52.4 Å². The molecule has 1 amide bonds. The predicted molar refractivity (Wildman–Crippen MR) is 70.3 cm³/mol. The fourth-order valence-electron chi connectivity index (χ4n) is 1.81. The van der Waals surface area contributed by atoms with Crippen molar-refractivity contribution in [2.45, 2.75) is 13.3 Å². The molecule has 2 atom stereocenters. The Kier molecular flexibility index (Phi) is 3.72. The van der Waals surface area contributed by atoms with Gasteiger partial charge < -0.3 is 10.1 Å². The van der Waals surface area contributed by atoms with Gasteiger partial charge in [0.15, 0.2) is 0 Å². The smallest absolute Gasteiger partial charge is 0.252 e. The minimum absolute atomic E-state index is 0.0464. The summed E-state index contributed by atoms with van der Waals surface area (Å²) in [6.45, 7) is 2.97. The summed E-state index contributed by atoms with van der Waals surface area (Å²) >= 11 is 3.38. The molecule has 0 aliphatic heterocycles. The van der Waals surface area contributed by atoms with Gasteiger partial charge in [-0.2, -0.15) is 0 Å². The lowest BCUT2D eigenvalue weighted by molar-refractivity contribution is 0.0950. The molecule has 17 heavy (non-hydrogen) atoms. The van der Waals surface area contributed by atoms with Gasteiger partial charge in [0.25, 0.3) is 5.91 Å². The van der Waals surface area contributed by atoms with Crippen LogP contribution in [-0.4, -0.2) is 19.6 Å². The molecule has 1 fully saturated rings. The van der Waals surface area contributed by atoms with Crippen molar-refractivity contribution >= 4 is 21.8 Å². The highest BCUT2D eigenvalue weighted by molar-refractivity contribution is 9.10. The molecule has 0 bridgehead atoms. The summed E-state index contributed by atoms with van der Waals surface area (Å²) in [5.41, 5.74) is 0.623.